The van der Waals surface area contributed by atoms with Gasteiger partial charge in [-0.3, -0.25) is 0 Å². The molecular formula is C25H28O3S. The molecular weight excluding hydrogens is 380 g/mol. The van der Waals surface area contributed by atoms with Gasteiger partial charge < -0.3 is 15.0 Å². The van der Waals surface area contributed by atoms with Crippen molar-refractivity contribution in [3.63, 3.8) is 0 Å². The molecule has 0 aliphatic heterocycles. The van der Waals surface area contributed by atoms with Gasteiger partial charge in [0.1, 0.15) is 0 Å². The summed E-state index contributed by atoms with van der Waals surface area (Å²) < 4.78 is 0. The van der Waals surface area contributed by atoms with E-state index < -0.39 is 6.16 Å². The zero-order valence-corrected chi connectivity index (χ0v) is 17.8. The Hall–Kier alpha value is -2.72. The zero-order chi connectivity index (χ0) is 21.1. The highest BCUT2D eigenvalue weighted by Gasteiger charge is 2.28. The van der Waals surface area contributed by atoms with Crippen molar-refractivity contribution in [2.24, 2.45) is 0 Å². The fourth-order valence-corrected chi connectivity index (χ4v) is 5.19. The largest absolute Gasteiger partial charge is 0.565 e. The minimum absolute atomic E-state index is 0.0390. The van der Waals surface area contributed by atoms with Crippen LogP contribution in [-0.4, -0.2) is 11.3 Å². The van der Waals surface area contributed by atoms with Crippen LogP contribution in [0.4, 0.5) is 4.79 Å². The Morgan fingerprint density at radius 3 is 1.41 bits per heavy atom. The van der Waals surface area contributed by atoms with Crippen molar-refractivity contribution < 1.29 is 15.0 Å². The van der Waals surface area contributed by atoms with E-state index in [0.29, 0.717) is 0 Å². The van der Waals surface area contributed by atoms with Gasteiger partial charge in [0.2, 0.25) is 6.16 Å². The molecule has 29 heavy (non-hydrogen) atoms. The molecule has 0 atom stereocenters. The van der Waals surface area contributed by atoms with Gasteiger partial charge in [-0.15, -0.1) is 0 Å². The summed E-state index contributed by atoms with van der Waals surface area (Å²) in [7, 11) is -0.0390. The van der Waals surface area contributed by atoms with E-state index in [1.54, 1.807) is 0 Å². The molecule has 0 fully saturated rings. The highest BCUT2D eigenvalue weighted by Crippen LogP contribution is 2.31. The topological polar surface area (TPSA) is 60.4 Å². The van der Waals surface area contributed by atoms with Crippen LogP contribution < -0.4 is 5.11 Å². The van der Waals surface area contributed by atoms with Gasteiger partial charge in [0, 0.05) is 0 Å². The molecule has 0 aromatic heterocycles. The summed E-state index contributed by atoms with van der Waals surface area (Å²) in [6.45, 7) is 4.47. The van der Waals surface area contributed by atoms with Crippen molar-refractivity contribution in [2.45, 2.75) is 54.2 Å². The number of hydrogen-bond donors (Lipinski definition) is 1. The first kappa shape index (κ1) is 22.6. The molecule has 3 aromatic rings. The highest BCUT2D eigenvalue weighted by atomic mass is 32.2. The van der Waals surface area contributed by atoms with Crippen molar-refractivity contribution in [2.75, 3.05) is 0 Å². The van der Waals surface area contributed by atoms with Crippen LogP contribution in [0.2, 0.25) is 0 Å². The van der Waals surface area contributed by atoms with E-state index in [4.69, 9.17) is 15.0 Å². The van der Waals surface area contributed by atoms with Crippen molar-refractivity contribution >= 4 is 17.1 Å². The molecule has 0 bridgehead atoms. The molecule has 0 aliphatic carbocycles. The van der Waals surface area contributed by atoms with Crippen molar-refractivity contribution in [1.82, 2.24) is 0 Å². The number of aryl methyl sites for hydroxylation is 2. The van der Waals surface area contributed by atoms with Gasteiger partial charge >= 0.3 is 0 Å². The summed E-state index contributed by atoms with van der Waals surface area (Å²) in [6, 6.07) is 29.4. The summed E-state index contributed by atoms with van der Waals surface area (Å²) >= 11 is 0. The van der Waals surface area contributed by atoms with E-state index in [1.807, 2.05) is 0 Å². The smallest absolute Gasteiger partial charge is 0.249 e. The van der Waals surface area contributed by atoms with Gasteiger partial charge in [-0.2, -0.15) is 0 Å². The molecule has 1 N–H and O–H groups in total. The average molecular weight is 409 g/mol. The fourth-order valence-electron chi connectivity index (χ4n) is 3.13. The Labute approximate surface area is 176 Å². The van der Waals surface area contributed by atoms with Gasteiger partial charge in [-0.1, -0.05) is 69.2 Å². The van der Waals surface area contributed by atoms with Crippen molar-refractivity contribution in [1.29, 1.82) is 0 Å². The zero-order valence-electron chi connectivity index (χ0n) is 17.0. The maximum absolute atomic E-state index is 8.44. The molecule has 4 heteroatoms. The minimum atomic E-state index is -2.08. The summed E-state index contributed by atoms with van der Waals surface area (Å²) in [5.74, 6) is 0. The second-order valence-corrected chi connectivity index (χ2v) is 8.70. The molecule has 0 heterocycles. The molecule has 0 radical (unpaired) electrons. The van der Waals surface area contributed by atoms with E-state index in [1.165, 1.54) is 38.7 Å². The van der Waals surface area contributed by atoms with Crippen LogP contribution >= 0.6 is 0 Å². The molecule has 3 aromatic carbocycles. The number of rotatable bonds is 7. The Morgan fingerprint density at radius 1 is 0.724 bits per heavy atom. The number of carbonyl (C=O) groups is 1. The number of benzene rings is 3. The maximum atomic E-state index is 8.44. The van der Waals surface area contributed by atoms with Crippen LogP contribution in [0.1, 0.15) is 37.8 Å². The molecule has 3 rings (SSSR count). The summed E-state index contributed by atoms with van der Waals surface area (Å²) in [6.07, 6.45) is 2.63. The molecule has 0 saturated heterocycles. The predicted molar refractivity (Wildman–Crippen MR) is 118 cm³/mol. The fraction of sp³-hybridized carbons (Fsp3) is 0.240. The second-order valence-electron chi connectivity index (χ2n) is 6.67. The average Bonchev–Trinajstić information content (AvgIpc) is 2.72. The van der Waals surface area contributed by atoms with E-state index in [9.17, 15) is 0 Å². The first-order valence-electron chi connectivity index (χ1n) is 9.92. The Kier molecular flexibility index (Phi) is 9.32. The van der Waals surface area contributed by atoms with Crippen LogP contribution in [0.5, 0.6) is 0 Å². The first-order chi connectivity index (χ1) is 14.0. The van der Waals surface area contributed by atoms with Crippen LogP contribution in [0.25, 0.3) is 0 Å². The normalized spacial score (nSPS) is 10.3. The number of hydrogen-bond acceptors (Lipinski definition) is 2. The molecule has 0 spiro atoms. The maximum Gasteiger partial charge on any atom is 0.249 e. The summed E-state index contributed by atoms with van der Waals surface area (Å²) in [5.41, 5.74) is 2.86. The molecule has 152 valence electrons. The third-order valence-electron chi connectivity index (χ3n) is 4.37. The third-order valence-corrected chi connectivity index (χ3v) is 6.61. The van der Waals surface area contributed by atoms with E-state index >= 15 is 0 Å². The number of carboxylic acid groups (broad SMARTS) is 2. The lowest BCUT2D eigenvalue weighted by atomic mass is 10.1. The molecule has 0 aliphatic rings. The highest BCUT2D eigenvalue weighted by molar-refractivity contribution is 7.97. The quantitative estimate of drug-likeness (QED) is 0.520. The lowest BCUT2D eigenvalue weighted by molar-refractivity contribution is -0.275. The first-order valence-corrected chi connectivity index (χ1v) is 11.1. The third kappa shape index (κ3) is 7.31. The molecule has 0 saturated carbocycles. The van der Waals surface area contributed by atoms with Crippen molar-refractivity contribution in [3.8, 4) is 0 Å². The SMILES string of the molecule is CCCc1ccc([S+](c2ccccc2)c2ccc(CCC)cc2)cc1.O=C([O-])O. The molecule has 3 nitrogen and oxygen atoms in total. The van der Waals surface area contributed by atoms with E-state index in [-0.39, 0.29) is 10.9 Å². The Balaban J connectivity index is 0.000000687. The standard InChI is InChI=1S/C24H27S.CH2O3/c1-3-8-20-12-16-23(17-13-20)25(22-10-6-5-7-11-22)24-18-14-21(9-4-2)15-19-24;2-1(3)4/h5-7,10-19H,3-4,8-9H2,1-2H3;(H2,2,3,4)/q+1;/p-1. The Morgan fingerprint density at radius 2 is 1.07 bits per heavy atom. The minimum Gasteiger partial charge on any atom is -0.565 e. The lowest BCUT2D eigenvalue weighted by Gasteiger charge is -2.09. The predicted octanol–water partition coefficient (Wildman–Crippen LogP) is 5.57. The van der Waals surface area contributed by atoms with Crippen LogP contribution in [0, 0.1) is 0 Å². The van der Waals surface area contributed by atoms with Gasteiger partial charge in [-0.05, 0) is 60.4 Å². The van der Waals surface area contributed by atoms with Crippen LogP contribution in [-0.2, 0) is 23.7 Å². The van der Waals surface area contributed by atoms with Crippen molar-refractivity contribution in [3.05, 3.63) is 90.0 Å². The van der Waals surface area contributed by atoms with E-state index in [0.717, 1.165) is 12.8 Å². The van der Waals surface area contributed by atoms with Gasteiger partial charge in [0.05, 0.1) is 10.9 Å². The molecule has 0 amide bonds. The van der Waals surface area contributed by atoms with E-state index in [2.05, 4.69) is 92.7 Å². The summed E-state index contributed by atoms with van der Waals surface area (Å²) in [5, 5.41) is 15.3. The van der Waals surface area contributed by atoms with Crippen LogP contribution in [0.3, 0.4) is 0 Å². The second kappa shape index (κ2) is 12.0. The van der Waals surface area contributed by atoms with Gasteiger partial charge in [-0.25, -0.2) is 0 Å². The van der Waals surface area contributed by atoms with Gasteiger partial charge in [0.15, 0.2) is 14.7 Å². The molecule has 0 unspecified atom stereocenters. The summed E-state index contributed by atoms with van der Waals surface area (Å²) in [4.78, 5) is 12.6. The Bertz CT molecular complexity index is 805. The lowest BCUT2D eigenvalue weighted by Crippen LogP contribution is -2.17. The van der Waals surface area contributed by atoms with Crippen LogP contribution in [0.15, 0.2) is 93.5 Å². The van der Waals surface area contributed by atoms with Gasteiger partial charge in [0.25, 0.3) is 0 Å². The monoisotopic (exact) mass is 408 g/mol.